The monoisotopic (exact) mass is 310 g/mol. The smallest absolute Gasteiger partial charge is 0.307 e. The lowest BCUT2D eigenvalue weighted by Crippen LogP contribution is -2.06. The van der Waals surface area contributed by atoms with Crippen molar-refractivity contribution in [2.45, 2.75) is 13.3 Å². The number of carbonyl (C=O) groups is 2. The maximum Gasteiger partial charge on any atom is 0.307 e. The van der Waals surface area contributed by atoms with Crippen molar-refractivity contribution >= 4 is 22.7 Å². The molecule has 5 heteroatoms. The number of rotatable bonds is 4. The molecular formula is C18H14O5. The zero-order valence-electron chi connectivity index (χ0n) is 12.4. The minimum atomic E-state index is -1.09. The predicted molar refractivity (Wildman–Crippen MR) is 83.8 cm³/mol. The van der Waals surface area contributed by atoms with Crippen molar-refractivity contribution in [3.8, 4) is 5.75 Å². The van der Waals surface area contributed by atoms with Crippen molar-refractivity contribution in [2.75, 3.05) is 0 Å². The fourth-order valence-electron chi connectivity index (χ4n) is 2.52. The average Bonchev–Trinajstić information content (AvgIpc) is 2.95. The fourth-order valence-corrected chi connectivity index (χ4v) is 2.52. The summed E-state index contributed by atoms with van der Waals surface area (Å²) in [5, 5.41) is 19.9. The third-order valence-electron chi connectivity index (χ3n) is 3.68. The molecule has 1 aromatic heterocycles. The van der Waals surface area contributed by atoms with E-state index >= 15 is 0 Å². The molecule has 3 rings (SSSR count). The van der Waals surface area contributed by atoms with E-state index in [1.807, 2.05) is 6.92 Å². The maximum absolute atomic E-state index is 12.8. The maximum atomic E-state index is 12.8. The molecule has 1 heterocycles. The molecule has 0 unspecified atom stereocenters. The van der Waals surface area contributed by atoms with Gasteiger partial charge in [0.25, 0.3) is 0 Å². The average molecular weight is 310 g/mol. The molecule has 2 N–H and O–H groups in total. The van der Waals surface area contributed by atoms with Gasteiger partial charge in [0.05, 0.1) is 12.7 Å². The van der Waals surface area contributed by atoms with Crippen LogP contribution in [0, 0.1) is 6.92 Å². The summed E-state index contributed by atoms with van der Waals surface area (Å²) in [6.45, 7) is 1.91. The molecule has 0 aliphatic rings. The van der Waals surface area contributed by atoms with E-state index in [0.717, 1.165) is 5.56 Å². The summed E-state index contributed by atoms with van der Waals surface area (Å²) >= 11 is 0. The van der Waals surface area contributed by atoms with Crippen molar-refractivity contribution in [1.82, 2.24) is 0 Å². The molecule has 3 aromatic rings. The highest BCUT2D eigenvalue weighted by atomic mass is 16.4. The van der Waals surface area contributed by atoms with Crippen molar-refractivity contribution < 1.29 is 24.2 Å². The standard InChI is InChI=1S/C18H14O5/c1-10-2-4-11(5-3-10)16(21)15-17(22)13(9-14(19)20)8-12-6-7-23-18(12)15/h2-8,22H,9H2,1H3,(H,19,20). The van der Waals surface area contributed by atoms with Gasteiger partial charge in [-0.05, 0) is 19.1 Å². The molecule has 23 heavy (non-hydrogen) atoms. The van der Waals surface area contributed by atoms with E-state index in [2.05, 4.69) is 0 Å². The molecular weight excluding hydrogens is 296 g/mol. The molecule has 0 saturated heterocycles. The SMILES string of the molecule is Cc1ccc(C(=O)c2c(O)c(CC(=O)O)cc3ccoc23)cc1. The topological polar surface area (TPSA) is 87.7 Å². The number of phenols is 1. The molecule has 0 fully saturated rings. The molecule has 0 radical (unpaired) electrons. The summed E-state index contributed by atoms with van der Waals surface area (Å²) in [5.41, 5.74) is 1.83. The zero-order valence-corrected chi connectivity index (χ0v) is 12.4. The van der Waals surface area contributed by atoms with Gasteiger partial charge in [0.1, 0.15) is 16.9 Å². The number of fused-ring (bicyclic) bond motifs is 1. The van der Waals surface area contributed by atoms with Crippen molar-refractivity contribution in [3.05, 3.63) is 64.9 Å². The summed E-state index contributed by atoms with van der Waals surface area (Å²) in [6.07, 6.45) is 1.03. The van der Waals surface area contributed by atoms with Crippen molar-refractivity contribution in [3.63, 3.8) is 0 Å². The van der Waals surface area contributed by atoms with Gasteiger partial charge in [-0.1, -0.05) is 29.8 Å². The van der Waals surface area contributed by atoms with Gasteiger partial charge >= 0.3 is 5.97 Å². The molecule has 0 aliphatic carbocycles. The third kappa shape index (κ3) is 2.68. The van der Waals surface area contributed by atoms with Crippen LogP contribution < -0.4 is 0 Å². The summed E-state index contributed by atoms with van der Waals surface area (Å²) in [7, 11) is 0. The van der Waals surface area contributed by atoms with Crippen LogP contribution in [0.5, 0.6) is 5.75 Å². The van der Waals surface area contributed by atoms with Crippen molar-refractivity contribution in [1.29, 1.82) is 0 Å². The second kappa shape index (κ2) is 5.61. The highest BCUT2D eigenvalue weighted by Crippen LogP contribution is 2.34. The Kier molecular flexibility index (Phi) is 3.62. The number of hydrogen-bond donors (Lipinski definition) is 2. The first kappa shape index (κ1) is 14.8. The first-order valence-corrected chi connectivity index (χ1v) is 7.02. The molecule has 0 saturated carbocycles. The van der Waals surface area contributed by atoms with Crippen LogP contribution in [0.1, 0.15) is 27.0 Å². The van der Waals surface area contributed by atoms with Crippen LogP contribution >= 0.6 is 0 Å². The molecule has 2 aromatic carbocycles. The van der Waals surface area contributed by atoms with Crippen molar-refractivity contribution in [2.24, 2.45) is 0 Å². The normalized spacial score (nSPS) is 10.8. The van der Waals surface area contributed by atoms with Gasteiger partial charge < -0.3 is 14.6 Å². The van der Waals surface area contributed by atoms with Gasteiger partial charge in [-0.15, -0.1) is 0 Å². The molecule has 0 aliphatic heterocycles. The van der Waals surface area contributed by atoms with Gasteiger partial charge in [0, 0.05) is 16.5 Å². The third-order valence-corrected chi connectivity index (χ3v) is 3.68. The zero-order chi connectivity index (χ0) is 16.6. The van der Waals surface area contributed by atoms with Gasteiger partial charge in [-0.3, -0.25) is 9.59 Å². The summed E-state index contributed by atoms with van der Waals surface area (Å²) < 4.78 is 5.33. The van der Waals surface area contributed by atoms with Gasteiger partial charge in [0.2, 0.25) is 5.78 Å². The Labute approximate surface area is 131 Å². The van der Waals surface area contributed by atoms with Crippen LogP contribution in [0.4, 0.5) is 0 Å². The Hall–Kier alpha value is -3.08. The number of phenolic OH excluding ortho intramolecular Hbond substituents is 1. The Bertz CT molecular complexity index is 903. The van der Waals surface area contributed by atoms with E-state index in [-0.39, 0.29) is 28.9 Å². The molecule has 0 spiro atoms. The molecule has 5 nitrogen and oxygen atoms in total. The second-order valence-electron chi connectivity index (χ2n) is 5.36. The Morgan fingerprint density at radius 1 is 1.13 bits per heavy atom. The highest BCUT2D eigenvalue weighted by molar-refractivity contribution is 6.17. The van der Waals surface area contributed by atoms with E-state index in [1.165, 1.54) is 12.3 Å². The minimum absolute atomic E-state index is 0.00685. The number of aromatic hydroxyl groups is 1. The Morgan fingerprint density at radius 2 is 1.83 bits per heavy atom. The van der Waals surface area contributed by atoms with E-state index in [0.29, 0.717) is 10.9 Å². The van der Waals surface area contributed by atoms with Crippen LogP contribution in [0.2, 0.25) is 0 Å². The first-order chi connectivity index (χ1) is 11.0. The van der Waals surface area contributed by atoms with E-state index in [1.54, 1.807) is 30.3 Å². The molecule has 116 valence electrons. The largest absolute Gasteiger partial charge is 0.507 e. The predicted octanol–water partition coefficient (Wildman–Crippen LogP) is 3.30. The summed E-state index contributed by atoms with van der Waals surface area (Å²) in [6, 6.07) is 10.1. The Morgan fingerprint density at radius 3 is 2.48 bits per heavy atom. The number of carboxylic acid groups (broad SMARTS) is 1. The highest BCUT2D eigenvalue weighted by Gasteiger charge is 2.23. The lowest BCUT2D eigenvalue weighted by molar-refractivity contribution is -0.136. The van der Waals surface area contributed by atoms with Crippen LogP contribution in [0.3, 0.4) is 0 Å². The number of carboxylic acids is 1. The van der Waals surface area contributed by atoms with Crippen LogP contribution in [0.25, 0.3) is 11.0 Å². The van der Waals surface area contributed by atoms with Crippen LogP contribution in [0.15, 0.2) is 47.1 Å². The second-order valence-corrected chi connectivity index (χ2v) is 5.36. The number of furan rings is 1. The number of benzene rings is 2. The van der Waals surface area contributed by atoms with Gasteiger partial charge in [-0.25, -0.2) is 0 Å². The Balaban J connectivity index is 2.20. The number of aliphatic carboxylic acids is 1. The molecule has 0 bridgehead atoms. The van der Waals surface area contributed by atoms with E-state index in [9.17, 15) is 14.7 Å². The van der Waals surface area contributed by atoms with E-state index < -0.39 is 11.8 Å². The van der Waals surface area contributed by atoms with Gasteiger partial charge in [0.15, 0.2) is 0 Å². The lowest BCUT2D eigenvalue weighted by Gasteiger charge is -2.09. The van der Waals surface area contributed by atoms with Gasteiger partial charge in [-0.2, -0.15) is 0 Å². The number of ketones is 1. The first-order valence-electron chi connectivity index (χ1n) is 7.02. The lowest BCUT2D eigenvalue weighted by atomic mass is 9.96. The molecule has 0 amide bonds. The van der Waals surface area contributed by atoms with Crippen LogP contribution in [-0.2, 0) is 11.2 Å². The quantitative estimate of drug-likeness (QED) is 0.722. The van der Waals surface area contributed by atoms with Crippen LogP contribution in [-0.4, -0.2) is 22.0 Å². The number of aryl methyl sites for hydroxylation is 1. The molecule has 0 atom stereocenters. The number of hydrogen-bond acceptors (Lipinski definition) is 4. The number of carbonyl (C=O) groups excluding carboxylic acids is 1. The summed E-state index contributed by atoms with van der Waals surface area (Å²) in [4.78, 5) is 23.7. The van der Waals surface area contributed by atoms with E-state index in [4.69, 9.17) is 9.52 Å². The fraction of sp³-hybridized carbons (Fsp3) is 0.111. The summed E-state index contributed by atoms with van der Waals surface area (Å²) in [5.74, 6) is -1.84. The minimum Gasteiger partial charge on any atom is -0.507 e.